The number of nitrogen functional groups attached to an aromatic ring is 1. The van der Waals surface area contributed by atoms with Gasteiger partial charge < -0.3 is 16.4 Å². The molecule has 1 aliphatic heterocycles. The molecule has 184 valence electrons. The monoisotopic (exact) mass is 521 g/mol. The van der Waals surface area contributed by atoms with Gasteiger partial charge in [-0.3, -0.25) is 14.7 Å². The fourth-order valence-electron chi connectivity index (χ4n) is 4.16. The quantitative estimate of drug-likeness (QED) is 0.278. The van der Waals surface area contributed by atoms with Crippen LogP contribution in [0.5, 0.6) is 0 Å². The van der Waals surface area contributed by atoms with Crippen LogP contribution in [0.4, 0.5) is 33.5 Å². The van der Waals surface area contributed by atoms with Gasteiger partial charge in [0.1, 0.15) is 11.6 Å². The standard InChI is InChI=1S/C23H13ClF5N5O2/c24-14-2-1-10(25)6-12(14)18-16-15(7-13-19(33-34-20(13)30)17(16)22(36)32-18)31-21(35)8-3-9(23(27,28)29)5-11(26)4-8/h1-7,18H,(H,31,35)(H,32,36)(H3,30,33,34). The van der Waals surface area contributed by atoms with Gasteiger partial charge in [0.15, 0.2) is 5.82 Å². The molecule has 3 aromatic carbocycles. The van der Waals surface area contributed by atoms with Crippen molar-refractivity contribution >= 4 is 45.8 Å². The van der Waals surface area contributed by atoms with Gasteiger partial charge in [0, 0.05) is 32.8 Å². The van der Waals surface area contributed by atoms with Crippen LogP contribution in [0, 0.1) is 11.6 Å². The highest BCUT2D eigenvalue weighted by atomic mass is 35.5. The number of nitrogens with one attached hydrogen (secondary N) is 3. The Morgan fingerprint density at radius 3 is 2.56 bits per heavy atom. The number of aromatic amines is 1. The summed E-state index contributed by atoms with van der Waals surface area (Å²) in [4.78, 5) is 25.9. The van der Waals surface area contributed by atoms with Crippen LogP contribution in [0.15, 0.2) is 42.5 Å². The molecule has 1 unspecified atom stereocenters. The Hall–Kier alpha value is -4.19. The Morgan fingerprint density at radius 1 is 1.08 bits per heavy atom. The first-order valence-electron chi connectivity index (χ1n) is 10.2. The number of hydrogen-bond donors (Lipinski definition) is 4. The molecule has 0 aliphatic carbocycles. The third-order valence-corrected chi connectivity index (χ3v) is 6.07. The number of aromatic nitrogens is 2. The van der Waals surface area contributed by atoms with Crippen molar-refractivity contribution in [3.05, 3.63) is 86.9 Å². The van der Waals surface area contributed by atoms with Crippen molar-refractivity contribution in [1.29, 1.82) is 0 Å². The van der Waals surface area contributed by atoms with Crippen molar-refractivity contribution in [2.75, 3.05) is 11.1 Å². The molecule has 0 spiro atoms. The number of amides is 2. The van der Waals surface area contributed by atoms with Crippen molar-refractivity contribution in [3.8, 4) is 0 Å². The molecule has 0 bridgehead atoms. The van der Waals surface area contributed by atoms with Gasteiger partial charge in [0.2, 0.25) is 0 Å². The normalized spacial score (nSPS) is 15.2. The first kappa shape index (κ1) is 23.5. The summed E-state index contributed by atoms with van der Waals surface area (Å²) < 4.78 is 67.4. The summed E-state index contributed by atoms with van der Waals surface area (Å²) in [6.07, 6.45) is -4.89. The zero-order chi connectivity index (χ0) is 25.9. The van der Waals surface area contributed by atoms with E-state index in [-0.39, 0.29) is 50.2 Å². The van der Waals surface area contributed by atoms with Gasteiger partial charge in [0.25, 0.3) is 11.8 Å². The first-order chi connectivity index (χ1) is 16.9. The minimum absolute atomic E-state index is 0.0200. The van der Waals surface area contributed by atoms with Crippen LogP contribution in [0.25, 0.3) is 10.9 Å². The smallest absolute Gasteiger partial charge is 0.382 e. The summed E-state index contributed by atoms with van der Waals surface area (Å²) in [5.74, 6) is -3.64. The molecule has 0 saturated carbocycles. The van der Waals surface area contributed by atoms with Crippen LogP contribution in [-0.4, -0.2) is 22.0 Å². The number of nitrogens with zero attached hydrogens (tertiary/aromatic N) is 1. The van der Waals surface area contributed by atoms with Gasteiger partial charge in [-0.1, -0.05) is 11.6 Å². The van der Waals surface area contributed by atoms with E-state index < -0.39 is 46.8 Å². The maximum Gasteiger partial charge on any atom is 0.416 e. The maximum absolute atomic E-state index is 14.0. The Bertz CT molecular complexity index is 1580. The number of anilines is 2. The maximum atomic E-state index is 14.0. The first-order valence-corrected chi connectivity index (χ1v) is 10.6. The van der Waals surface area contributed by atoms with E-state index in [1.165, 1.54) is 12.1 Å². The number of halogens is 6. The minimum atomic E-state index is -4.89. The largest absolute Gasteiger partial charge is 0.416 e. The van der Waals surface area contributed by atoms with Crippen molar-refractivity contribution < 1.29 is 31.5 Å². The number of carbonyl (C=O) groups is 2. The minimum Gasteiger partial charge on any atom is -0.382 e. The molecule has 1 atom stereocenters. The molecular formula is C23H13ClF5N5O2. The molecule has 2 amide bonds. The lowest BCUT2D eigenvalue weighted by Crippen LogP contribution is -2.21. The summed E-state index contributed by atoms with van der Waals surface area (Å²) in [6, 6.07) is 5.21. The second-order valence-corrected chi connectivity index (χ2v) is 8.40. The number of nitrogens with two attached hydrogens (primary N) is 1. The lowest BCUT2D eigenvalue weighted by Gasteiger charge is -2.18. The SMILES string of the molecule is Nc1n[nH]c2c3c(c(NC(=O)c4cc(F)cc(C(F)(F)F)c4)cc12)C(c1cc(F)ccc1Cl)NC3=O. The fraction of sp³-hybridized carbons (Fsp3) is 0.0870. The van der Waals surface area contributed by atoms with Crippen molar-refractivity contribution in [2.45, 2.75) is 12.2 Å². The molecule has 13 heteroatoms. The summed E-state index contributed by atoms with van der Waals surface area (Å²) in [5.41, 5.74) is 4.41. The number of alkyl halides is 3. The van der Waals surface area contributed by atoms with Crippen LogP contribution >= 0.6 is 11.6 Å². The Kier molecular flexibility index (Phi) is 5.36. The number of rotatable bonds is 3. The highest BCUT2D eigenvalue weighted by Crippen LogP contribution is 2.43. The van der Waals surface area contributed by atoms with Gasteiger partial charge in [-0.15, -0.1) is 0 Å². The molecule has 5 N–H and O–H groups in total. The predicted molar refractivity (Wildman–Crippen MR) is 121 cm³/mol. The van der Waals surface area contributed by atoms with E-state index in [0.717, 1.165) is 12.1 Å². The highest BCUT2D eigenvalue weighted by molar-refractivity contribution is 6.31. The molecule has 2 heterocycles. The van der Waals surface area contributed by atoms with Crippen molar-refractivity contribution in [3.63, 3.8) is 0 Å². The Balaban J connectivity index is 1.68. The molecule has 1 aliphatic rings. The third-order valence-electron chi connectivity index (χ3n) is 5.73. The third kappa shape index (κ3) is 3.88. The van der Waals surface area contributed by atoms with E-state index in [9.17, 15) is 31.5 Å². The van der Waals surface area contributed by atoms with E-state index in [2.05, 4.69) is 20.8 Å². The van der Waals surface area contributed by atoms with E-state index in [0.29, 0.717) is 12.1 Å². The molecule has 7 nitrogen and oxygen atoms in total. The van der Waals surface area contributed by atoms with Crippen LogP contribution in [0.1, 0.15) is 43.4 Å². The molecule has 36 heavy (non-hydrogen) atoms. The molecule has 0 radical (unpaired) electrons. The summed E-state index contributed by atoms with van der Waals surface area (Å²) in [6.45, 7) is 0. The summed E-state index contributed by atoms with van der Waals surface area (Å²) in [7, 11) is 0. The van der Waals surface area contributed by atoms with E-state index in [4.69, 9.17) is 17.3 Å². The number of hydrogen-bond acceptors (Lipinski definition) is 4. The molecule has 5 rings (SSSR count). The van der Waals surface area contributed by atoms with E-state index in [1.807, 2.05) is 0 Å². The van der Waals surface area contributed by atoms with Gasteiger partial charge in [-0.05, 0) is 42.5 Å². The average Bonchev–Trinajstić information content (AvgIpc) is 3.34. The number of H-pyrrole nitrogens is 1. The molecular weight excluding hydrogens is 509 g/mol. The number of carbonyl (C=O) groups excluding carboxylic acids is 2. The average molecular weight is 522 g/mol. The number of fused-ring (bicyclic) bond motifs is 3. The molecule has 4 aromatic rings. The Labute approximate surface area is 203 Å². The van der Waals surface area contributed by atoms with Gasteiger partial charge in [-0.25, -0.2) is 8.78 Å². The van der Waals surface area contributed by atoms with E-state index in [1.54, 1.807) is 0 Å². The van der Waals surface area contributed by atoms with Gasteiger partial charge in [0.05, 0.1) is 22.7 Å². The highest BCUT2D eigenvalue weighted by Gasteiger charge is 2.37. The topological polar surface area (TPSA) is 113 Å². The molecule has 0 fully saturated rings. The van der Waals surface area contributed by atoms with Crippen molar-refractivity contribution in [2.24, 2.45) is 0 Å². The van der Waals surface area contributed by atoms with Crippen LogP contribution in [-0.2, 0) is 6.18 Å². The summed E-state index contributed by atoms with van der Waals surface area (Å²) in [5, 5.41) is 11.9. The second-order valence-electron chi connectivity index (χ2n) is 8.00. The van der Waals surface area contributed by atoms with Crippen molar-refractivity contribution in [1.82, 2.24) is 15.5 Å². The Morgan fingerprint density at radius 2 is 1.83 bits per heavy atom. The fourth-order valence-corrected chi connectivity index (χ4v) is 4.38. The van der Waals surface area contributed by atoms with Crippen LogP contribution in [0.2, 0.25) is 5.02 Å². The van der Waals surface area contributed by atoms with Gasteiger partial charge >= 0.3 is 6.18 Å². The lowest BCUT2D eigenvalue weighted by molar-refractivity contribution is -0.137. The van der Waals surface area contributed by atoms with Crippen LogP contribution in [0.3, 0.4) is 0 Å². The van der Waals surface area contributed by atoms with E-state index >= 15 is 0 Å². The van der Waals surface area contributed by atoms with Crippen LogP contribution < -0.4 is 16.4 Å². The number of benzene rings is 3. The second kappa shape index (κ2) is 8.19. The zero-order valence-corrected chi connectivity index (χ0v) is 18.5. The lowest BCUT2D eigenvalue weighted by atomic mass is 9.94. The summed E-state index contributed by atoms with van der Waals surface area (Å²) >= 11 is 6.25. The van der Waals surface area contributed by atoms with Gasteiger partial charge in [-0.2, -0.15) is 18.3 Å². The molecule has 0 saturated heterocycles. The predicted octanol–water partition coefficient (Wildman–Crippen LogP) is 5.18. The molecule has 1 aromatic heterocycles. The zero-order valence-electron chi connectivity index (χ0n) is 17.7.